The predicted molar refractivity (Wildman–Crippen MR) is 161 cm³/mol. The minimum atomic E-state index is -5.01. The van der Waals surface area contributed by atoms with Crippen LogP contribution in [0.2, 0.25) is 0 Å². The SMILES string of the molecule is CCO[C@@H]1C2NP(=O)(O)OC[C@H]3O[C@@H](n4cnc5c4ncn4ccnc54)[C@@H](O)C3OP(=O)(O)OC[C@H]1O[C@H]2n1cnc2c(=O)[nH]c(N)nc21. The van der Waals surface area contributed by atoms with Gasteiger partial charge in [-0.15, -0.1) is 0 Å². The lowest BCUT2D eigenvalue weighted by molar-refractivity contribution is -0.0643. The molecule has 2 bridgehead atoms. The van der Waals surface area contributed by atoms with Crippen molar-refractivity contribution in [2.75, 3.05) is 25.6 Å². The summed E-state index contributed by atoms with van der Waals surface area (Å²) in [4.78, 5) is 57.9. The molecule has 49 heavy (non-hydrogen) atoms. The molecule has 0 amide bonds. The van der Waals surface area contributed by atoms with E-state index in [0.717, 1.165) is 0 Å². The molecule has 0 radical (unpaired) electrons. The van der Waals surface area contributed by atoms with Crippen molar-refractivity contribution in [1.82, 2.24) is 48.5 Å². The number of phosphoric acid groups is 1. The van der Waals surface area contributed by atoms with Gasteiger partial charge in [-0.1, -0.05) is 0 Å². The molecule has 0 saturated carbocycles. The first-order valence-corrected chi connectivity index (χ1v) is 17.9. The van der Waals surface area contributed by atoms with Crippen LogP contribution >= 0.6 is 15.6 Å². The number of rotatable bonds is 4. The van der Waals surface area contributed by atoms with Gasteiger partial charge in [-0.3, -0.25) is 36.9 Å². The van der Waals surface area contributed by atoms with Gasteiger partial charge in [0.1, 0.15) is 36.8 Å². The van der Waals surface area contributed by atoms with Crippen LogP contribution in [0.3, 0.4) is 0 Å². The van der Waals surface area contributed by atoms with Crippen LogP contribution in [0.25, 0.3) is 28.0 Å². The Morgan fingerprint density at radius 3 is 2.51 bits per heavy atom. The molecule has 4 unspecified atom stereocenters. The van der Waals surface area contributed by atoms with E-state index in [1.54, 1.807) is 23.7 Å². The van der Waals surface area contributed by atoms with Crippen LogP contribution in [-0.4, -0.2) is 115 Å². The highest BCUT2D eigenvalue weighted by Crippen LogP contribution is 2.51. The summed E-state index contributed by atoms with van der Waals surface area (Å²) in [5.41, 5.74) is 6.14. The smallest absolute Gasteiger partial charge is 0.386 e. The normalized spacial score (nSPS) is 35.8. The Balaban J connectivity index is 1.13. The number of nitrogens with one attached hydrogen (secondary N) is 2. The number of phosphoric ester groups is 1. The number of fused-ring (bicyclic) bond motifs is 7. The van der Waals surface area contributed by atoms with E-state index >= 15 is 0 Å². The van der Waals surface area contributed by atoms with Crippen molar-refractivity contribution in [3.05, 3.63) is 41.7 Å². The number of hydrogen-bond acceptors (Lipinski definition) is 16. The maximum absolute atomic E-state index is 13.6. The van der Waals surface area contributed by atoms with E-state index in [9.17, 15) is 28.8 Å². The molecule has 3 aliphatic rings. The molecule has 10 atom stereocenters. The largest absolute Gasteiger partial charge is 0.472 e. The molecule has 3 aliphatic heterocycles. The molecule has 3 fully saturated rings. The summed E-state index contributed by atoms with van der Waals surface area (Å²) in [6.45, 7) is 0.407. The summed E-state index contributed by atoms with van der Waals surface area (Å²) in [5, 5.41) is 13.9. The molecule has 8 heterocycles. The molecule has 0 aromatic carbocycles. The molecular formula is C24H29N11O12P2. The zero-order valence-electron chi connectivity index (χ0n) is 25.2. The molecule has 25 heteroatoms. The molecule has 23 nitrogen and oxygen atoms in total. The van der Waals surface area contributed by atoms with E-state index in [4.69, 9.17) is 33.5 Å². The molecule has 8 rings (SSSR count). The number of aromatic nitrogens is 9. The van der Waals surface area contributed by atoms with Gasteiger partial charge >= 0.3 is 15.6 Å². The second kappa shape index (κ2) is 12.0. The van der Waals surface area contributed by atoms with Crippen LogP contribution in [0.5, 0.6) is 0 Å². The van der Waals surface area contributed by atoms with Crippen molar-refractivity contribution < 1.29 is 51.8 Å². The first-order valence-electron chi connectivity index (χ1n) is 14.8. The summed E-state index contributed by atoms with van der Waals surface area (Å²) in [7, 11) is -9.82. The Morgan fingerprint density at radius 1 is 0.980 bits per heavy atom. The Morgan fingerprint density at radius 2 is 1.71 bits per heavy atom. The van der Waals surface area contributed by atoms with E-state index in [1.165, 1.54) is 28.1 Å². The lowest BCUT2D eigenvalue weighted by Gasteiger charge is -2.27. The second-order valence-corrected chi connectivity index (χ2v) is 14.3. The molecule has 5 aromatic rings. The summed E-state index contributed by atoms with van der Waals surface area (Å²) in [6.07, 6.45) is -2.16. The predicted octanol–water partition coefficient (Wildman–Crippen LogP) is -1.05. The third kappa shape index (κ3) is 5.66. The van der Waals surface area contributed by atoms with E-state index < -0.39 is 83.4 Å². The summed E-state index contributed by atoms with van der Waals surface area (Å²) in [6, 6.07) is -1.22. The van der Waals surface area contributed by atoms with Crippen molar-refractivity contribution in [3.8, 4) is 0 Å². The highest BCUT2D eigenvalue weighted by molar-refractivity contribution is 7.50. The van der Waals surface area contributed by atoms with Gasteiger partial charge in [0.15, 0.2) is 40.4 Å². The Kier molecular flexibility index (Phi) is 7.94. The van der Waals surface area contributed by atoms with Crippen molar-refractivity contribution in [3.63, 3.8) is 0 Å². The average Bonchev–Trinajstić information content (AvgIpc) is 3.87. The topological polar surface area (TPSA) is 300 Å². The number of aliphatic hydroxyl groups excluding tert-OH is 1. The van der Waals surface area contributed by atoms with Gasteiger partial charge in [-0.05, 0) is 6.92 Å². The second-order valence-electron chi connectivity index (χ2n) is 11.3. The van der Waals surface area contributed by atoms with E-state index in [-0.39, 0.29) is 29.4 Å². The molecule has 5 aromatic heterocycles. The fourth-order valence-corrected chi connectivity index (χ4v) is 8.31. The van der Waals surface area contributed by atoms with Crippen LogP contribution in [0.15, 0.2) is 36.2 Å². The van der Waals surface area contributed by atoms with Gasteiger partial charge in [-0.25, -0.2) is 34.2 Å². The number of hydrogen-bond donors (Lipinski definition) is 6. The number of imidazole rings is 3. The number of anilines is 1. The number of aliphatic hydroxyl groups is 1. The van der Waals surface area contributed by atoms with Gasteiger partial charge in [-0.2, -0.15) is 4.98 Å². The third-order valence-corrected chi connectivity index (χ3v) is 10.5. The van der Waals surface area contributed by atoms with Gasteiger partial charge in [0.05, 0.1) is 31.9 Å². The van der Waals surface area contributed by atoms with E-state index in [1.807, 2.05) is 0 Å². The number of nitrogen functional groups attached to an aromatic ring is 1. The van der Waals surface area contributed by atoms with Gasteiger partial charge in [0.2, 0.25) is 5.95 Å². The minimum Gasteiger partial charge on any atom is -0.386 e. The average molecular weight is 726 g/mol. The lowest BCUT2D eigenvalue weighted by atomic mass is 10.1. The number of ether oxygens (including phenoxy) is 3. The van der Waals surface area contributed by atoms with Crippen LogP contribution in [0.1, 0.15) is 19.4 Å². The van der Waals surface area contributed by atoms with Crippen LogP contribution in [0, 0.1) is 0 Å². The quantitative estimate of drug-likeness (QED) is 0.120. The first-order chi connectivity index (χ1) is 23.4. The molecular weight excluding hydrogens is 696 g/mol. The van der Waals surface area contributed by atoms with Crippen molar-refractivity contribution in [2.24, 2.45) is 0 Å². The maximum atomic E-state index is 13.6. The zero-order chi connectivity index (χ0) is 34.2. The van der Waals surface area contributed by atoms with Crippen LogP contribution in [0.4, 0.5) is 5.95 Å². The van der Waals surface area contributed by atoms with Crippen molar-refractivity contribution >= 4 is 49.5 Å². The van der Waals surface area contributed by atoms with Crippen LogP contribution in [-0.2, 0) is 36.9 Å². The summed E-state index contributed by atoms with van der Waals surface area (Å²) < 4.78 is 65.5. The Bertz CT molecular complexity index is 2210. The van der Waals surface area contributed by atoms with Gasteiger partial charge in [0, 0.05) is 19.0 Å². The van der Waals surface area contributed by atoms with Crippen molar-refractivity contribution in [2.45, 2.75) is 55.9 Å². The highest BCUT2D eigenvalue weighted by atomic mass is 31.2. The summed E-state index contributed by atoms with van der Waals surface area (Å²) >= 11 is 0. The monoisotopic (exact) mass is 725 g/mol. The van der Waals surface area contributed by atoms with Crippen LogP contribution < -0.4 is 16.4 Å². The van der Waals surface area contributed by atoms with Gasteiger partial charge < -0.3 is 34.8 Å². The maximum Gasteiger partial charge on any atom is 0.472 e. The number of nitrogens with two attached hydrogens (primary N) is 1. The first kappa shape index (κ1) is 32.5. The number of H-pyrrole nitrogens is 1. The minimum absolute atomic E-state index is 0.0157. The zero-order valence-corrected chi connectivity index (χ0v) is 27.0. The standard InChI is InChI=1S/C24H29N11O12P2/c1-2-42-16-10-6-44-49(40,41)47-17-11(46-23(15(17)36)34-8-27-13-18-26-3-4-33(18)7-29-19(13)34)5-43-48(38,39)32-12(16)22(45-10)35-9-28-14-20(35)30-24(25)31-21(14)37/h3-4,7-12,15-17,22-23,36H,2,5-6H2,1H3,(H,40,41)(H2,32,38,39)(H3,25,30,31,37)/t10-,11-,12?,15+,16+,17?,22-,23-/m1/s1. The number of aromatic amines is 1. The fourth-order valence-electron chi connectivity index (χ4n) is 6.28. The Labute approximate surface area is 273 Å². The molecule has 0 spiro atoms. The Hall–Kier alpha value is -3.70. The molecule has 262 valence electrons. The molecule has 0 aliphatic carbocycles. The summed E-state index contributed by atoms with van der Waals surface area (Å²) in [5.74, 6) is -0.222. The van der Waals surface area contributed by atoms with E-state index in [2.05, 4.69) is 35.0 Å². The fraction of sp³-hybridized carbons (Fsp3) is 0.500. The van der Waals surface area contributed by atoms with Crippen molar-refractivity contribution in [1.29, 1.82) is 0 Å². The van der Waals surface area contributed by atoms with Gasteiger partial charge in [0.25, 0.3) is 5.56 Å². The van der Waals surface area contributed by atoms with E-state index in [0.29, 0.717) is 11.2 Å². The highest BCUT2D eigenvalue weighted by Gasteiger charge is 2.53. The lowest BCUT2D eigenvalue weighted by Crippen LogP contribution is -2.44. The number of nitrogens with zero attached hydrogens (tertiary/aromatic N) is 8. The molecule has 3 saturated heterocycles. The molecule has 7 N–H and O–H groups in total. The third-order valence-electron chi connectivity index (χ3n) is 8.34.